The molecule has 2 aromatic carbocycles. The summed E-state index contributed by atoms with van der Waals surface area (Å²) in [6, 6.07) is 8.96. The van der Waals surface area contributed by atoms with Crippen LogP contribution in [0.25, 0.3) is 0 Å². The van der Waals surface area contributed by atoms with E-state index in [4.69, 9.17) is 5.73 Å². The lowest BCUT2D eigenvalue weighted by Crippen LogP contribution is -2.31. The second kappa shape index (κ2) is 7.39. The highest BCUT2D eigenvalue weighted by Gasteiger charge is 2.27. The first-order chi connectivity index (χ1) is 10.9. The predicted molar refractivity (Wildman–Crippen MR) is 98.2 cm³/mol. The number of hydrogen-bond acceptors (Lipinski definition) is 3. The fourth-order valence-electron chi connectivity index (χ4n) is 2.89. The number of benzene rings is 2. The topological polar surface area (TPSA) is 72.2 Å². The Labute approximate surface area is 155 Å². The van der Waals surface area contributed by atoms with Gasteiger partial charge in [-0.3, -0.25) is 0 Å². The van der Waals surface area contributed by atoms with Gasteiger partial charge in [-0.15, -0.1) is 12.4 Å². The van der Waals surface area contributed by atoms with Crippen molar-refractivity contribution in [1.29, 1.82) is 0 Å². The van der Waals surface area contributed by atoms with Gasteiger partial charge in [-0.2, -0.15) is 0 Å². The van der Waals surface area contributed by atoms with Crippen molar-refractivity contribution in [3.05, 3.63) is 57.8 Å². The molecule has 0 bridgehead atoms. The molecule has 0 heterocycles. The predicted octanol–water partition coefficient (Wildman–Crippen LogP) is 3.95. The van der Waals surface area contributed by atoms with Gasteiger partial charge in [0, 0.05) is 16.2 Å². The molecular formula is C16H17BrClFN2O2S. The number of sulfonamides is 1. The van der Waals surface area contributed by atoms with Gasteiger partial charge < -0.3 is 5.73 Å². The Balaban J connectivity index is 0.00000208. The minimum absolute atomic E-state index is 0. The quantitative estimate of drug-likeness (QED) is 0.717. The van der Waals surface area contributed by atoms with Crippen molar-refractivity contribution in [3.63, 3.8) is 0 Å². The summed E-state index contributed by atoms with van der Waals surface area (Å²) in [4.78, 5) is -0.352. The first kappa shape index (κ1) is 19.2. The summed E-state index contributed by atoms with van der Waals surface area (Å²) in [7, 11) is -3.95. The van der Waals surface area contributed by atoms with Crippen LogP contribution < -0.4 is 10.5 Å². The number of aryl methyl sites for hydroxylation is 1. The van der Waals surface area contributed by atoms with Gasteiger partial charge in [-0.1, -0.05) is 22.0 Å². The lowest BCUT2D eigenvalue weighted by molar-refractivity contribution is 0.501. The zero-order valence-electron chi connectivity index (χ0n) is 12.6. The van der Waals surface area contributed by atoms with E-state index in [1.807, 2.05) is 12.1 Å². The Morgan fingerprint density at radius 2 is 1.96 bits per heavy atom. The molecule has 130 valence electrons. The molecule has 1 aliphatic carbocycles. The average Bonchev–Trinajstić information content (AvgIpc) is 2.49. The summed E-state index contributed by atoms with van der Waals surface area (Å²) < 4.78 is 42.2. The Bertz CT molecular complexity index is 861. The maximum absolute atomic E-state index is 13.9. The molecule has 0 saturated heterocycles. The van der Waals surface area contributed by atoms with Crippen LogP contribution in [0.2, 0.25) is 0 Å². The Kier molecular flexibility index (Phi) is 5.91. The van der Waals surface area contributed by atoms with Crippen LogP contribution >= 0.6 is 28.3 Å². The Morgan fingerprint density at radius 1 is 1.21 bits per heavy atom. The standard InChI is InChI=1S/C16H16BrFN2O2S.ClH/c17-11-4-7-14(18)16(9-11)23(21,22)20-15-3-1-2-10-8-12(19)5-6-13(10)15;/h4-9,15,20H,1-3,19H2;1H. The Morgan fingerprint density at radius 3 is 2.71 bits per heavy atom. The molecule has 1 unspecified atom stereocenters. The van der Waals surface area contributed by atoms with E-state index in [2.05, 4.69) is 20.7 Å². The minimum atomic E-state index is -3.95. The van der Waals surface area contributed by atoms with Crippen LogP contribution in [0, 0.1) is 5.82 Å². The summed E-state index contributed by atoms with van der Waals surface area (Å²) in [6.07, 6.45) is 2.39. The SMILES string of the molecule is Cl.Nc1ccc2c(c1)CCCC2NS(=O)(=O)c1cc(Br)ccc1F. The zero-order valence-corrected chi connectivity index (χ0v) is 15.8. The van der Waals surface area contributed by atoms with Gasteiger partial charge >= 0.3 is 0 Å². The van der Waals surface area contributed by atoms with Crippen molar-refractivity contribution in [2.45, 2.75) is 30.2 Å². The van der Waals surface area contributed by atoms with Gasteiger partial charge in [0.15, 0.2) is 0 Å². The maximum Gasteiger partial charge on any atom is 0.244 e. The van der Waals surface area contributed by atoms with E-state index < -0.39 is 15.8 Å². The third kappa shape index (κ3) is 3.91. The summed E-state index contributed by atoms with van der Waals surface area (Å²) in [5, 5.41) is 0. The van der Waals surface area contributed by atoms with Gasteiger partial charge in [0.25, 0.3) is 0 Å². The van der Waals surface area contributed by atoms with Crippen molar-refractivity contribution >= 4 is 44.0 Å². The molecule has 0 spiro atoms. The van der Waals surface area contributed by atoms with E-state index >= 15 is 0 Å². The summed E-state index contributed by atoms with van der Waals surface area (Å²) in [6.45, 7) is 0. The summed E-state index contributed by atoms with van der Waals surface area (Å²) in [5.74, 6) is -0.769. The number of nitrogens with one attached hydrogen (secondary N) is 1. The molecule has 8 heteroatoms. The molecule has 0 aliphatic heterocycles. The van der Waals surface area contributed by atoms with Crippen LogP contribution in [-0.2, 0) is 16.4 Å². The molecule has 2 aromatic rings. The van der Waals surface area contributed by atoms with Gasteiger partial charge in [0.2, 0.25) is 10.0 Å². The fourth-order valence-corrected chi connectivity index (χ4v) is 4.76. The third-order valence-corrected chi connectivity index (χ3v) is 5.94. The lowest BCUT2D eigenvalue weighted by atomic mass is 9.88. The van der Waals surface area contributed by atoms with E-state index in [0.717, 1.165) is 30.0 Å². The van der Waals surface area contributed by atoms with E-state index in [0.29, 0.717) is 16.6 Å². The van der Waals surface area contributed by atoms with E-state index in [-0.39, 0.29) is 23.3 Å². The Hall–Kier alpha value is -1.15. The molecule has 1 atom stereocenters. The van der Waals surface area contributed by atoms with Crippen LogP contribution in [0.4, 0.5) is 10.1 Å². The number of hydrogen-bond donors (Lipinski definition) is 2. The highest BCUT2D eigenvalue weighted by molar-refractivity contribution is 9.10. The third-order valence-electron chi connectivity index (χ3n) is 3.96. The molecule has 4 nitrogen and oxygen atoms in total. The van der Waals surface area contributed by atoms with Crippen molar-refractivity contribution in [1.82, 2.24) is 4.72 Å². The average molecular weight is 436 g/mol. The van der Waals surface area contributed by atoms with Crippen molar-refractivity contribution in [2.75, 3.05) is 5.73 Å². The molecule has 3 rings (SSSR count). The smallest absolute Gasteiger partial charge is 0.244 e. The molecule has 0 radical (unpaired) electrons. The molecule has 0 aromatic heterocycles. The van der Waals surface area contributed by atoms with Crippen LogP contribution in [0.1, 0.15) is 30.0 Å². The molecule has 1 aliphatic rings. The number of halogens is 3. The van der Waals surface area contributed by atoms with Crippen LogP contribution in [0.5, 0.6) is 0 Å². The zero-order chi connectivity index (χ0) is 16.6. The van der Waals surface area contributed by atoms with Gasteiger partial charge in [0.1, 0.15) is 10.7 Å². The van der Waals surface area contributed by atoms with Gasteiger partial charge in [0.05, 0.1) is 0 Å². The highest BCUT2D eigenvalue weighted by Crippen LogP contribution is 2.32. The summed E-state index contributed by atoms with van der Waals surface area (Å²) in [5.41, 5.74) is 8.39. The maximum atomic E-state index is 13.9. The second-order valence-electron chi connectivity index (χ2n) is 5.60. The second-order valence-corrected chi connectivity index (χ2v) is 8.20. The minimum Gasteiger partial charge on any atom is -0.399 e. The van der Waals surface area contributed by atoms with Crippen molar-refractivity contribution in [2.24, 2.45) is 0 Å². The molecule has 3 N–H and O–H groups in total. The van der Waals surface area contributed by atoms with Crippen molar-refractivity contribution < 1.29 is 12.8 Å². The number of nitrogens with two attached hydrogens (primary N) is 1. The summed E-state index contributed by atoms with van der Waals surface area (Å²) >= 11 is 3.17. The lowest BCUT2D eigenvalue weighted by Gasteiger charge is -2.26. The number of anilines is 1. The van der Waals surface area contributed by atoms with Gasteiger partial charge in [-0.05, 0) is 60.7 Å². The monoisotopic (exact) mass is 434 g/mol. The first-order valence-electron chi connectivity index (χ1n) is 7.22. The molecule has 0 saturated carbocycles. The van der Waals surface area contributed by atoms with Gasteiger partial charge in [-0.25, -0.2) is 17.5 Å². The largest absolute Gasteiger partial charge is 0.399 e. The number of nitrogen functional groups attached to an aromatic ring is 1. The highest BCUT2D eigenvalue weighted by atomic mass is 79.9. The van der Waals surface area contributed by atoms with E-state index in [1.165, 1.54) is 12.1 Å². The van der Waals surface area contributed by atoms with E-state index in [1.54, 1.807) is 6.07 Å². The molecule has 0 amide bonds. The first-order valence-corrected chi connectivity index (χ1v) is 9.50. The van der Waals surface area contributed by atoms with Crippen LogP contribution in [-0.4, -0.2) is 8.42 Å². The van der Waals surface area contributed by atoms with Crippen LogP contribution in [0.15, 0.2) is 45.8 Å². The fraction of sp³-hybridized carbons (Fsp3) is 0.250. The molecular weight excluding hydrogens is 419 g/mol. The number of rotatable bonds is 3. The van der Waals surface area contributed by atoms with Crippen molar-refractivity contribution in [3.8, 4) is 0 Å². The molecule has 0 fully saturated rings. The molecule has 24 heavy (non-hydrogen) atoms. The normalized spacial score (nSPS) is 17.0. The van der Waals surface area contributed by atoms with E-state index in [9.17, 15) is 12.8 Å². The van der Waals surface area contributed by atoms with Crippen LogP contribution in [0.3, 0.4) is 0 Å². The number of fused-ring (bicyclic) bond motifs is 1.